The van der Waals surface area contributed by atoms with Crippen molar-refractivity contribution >= 4 is 11.8 Å². The molecule has 4 rings (SSSR count). The van der Waals surface area contributed by atoms with E-state index >= 15 is 4.39 Å². The molecule has 0 bridgehead atoms. The van der Waals surface area contributed by atoms with E-state index in [4.69, 9.17) is 4.74 Å². The summed E-state index contributed by atoms with van der Waals surface area (Å²) >= 11 is 0. The Hall–Kier alpha value is -1.56. The first-order valence-corrected chi connectivity index (χ1v) is 11.3. The zero-order valence-corrected chi connectivity index (χ0v) is 18.2. The van der Waals surface area contributed by atoms with E-state index in [1.807, 2.05) is 6.92 Å². The SMILES string of the molecule is CCC(=O)OC1[C@@H](C)C[C@H]2[C@@H]3C[C@H](F)C4=C(F)C(=O)C=C[C@]4(C)[C@H]3[C@@H](O)C[C@]12CC. The number of ether oxygens (including phenoxy) is 1. The van der Waals surface area contributed by atoms with Crippen molar-refractivity contribution in [2.45, 2.75) is 78.2 Å². The first kappa shape index (κ1) is 21.7. The van der Waals surface area contributed by atoms with Gasteiger partial charge in [-0.3, -0.25) is 9.59 Å². The maximum Gasteiger partial charge on any atom is 0.305 e. The fraction of sp³-hybridized carbons (Fsp3) is 0.750. The summed E-state index contributed by atoms with van der Waals surface area (Å²) in [6.45, 7) is 7.63. The normalized spacial score (nSPS) is 47.6. The van der Waals surface area contributed by atoms with Crippen molar-refractivity contribution in [1.29, 1.82) is 0 Å². The van der Waals surface area contributed by atoms with Crippen LogP contribution in [0, 0.1) is 34.5 Å². The molecule has 166 valence electrons. The summed E-state index contributed by atoms with van der Waals surface area (Å²) in [5, 5.41) is 11.4. The van der Waals surface area contributed by atoms with E-state index in [0.29, 0.717) is 12.8 Å². The van der Waals surface area contributed by atoms with Crippen LogP contribution in [-0.4, -0.2) is 35.2 Å². The number of carbonyl (C=O) groups is 2. The van der Waals surface area contributed by atoms with E-state index in [-0.39, 0.29) is 47.7 Å². The summed E-state index contributed by atoms with van der Waals surface area (Å²) in [6.07, 6.45) is 2.46. The number of halogens is 2. The number of fused-ring (bicyclic) bond motifs is 5. The van der Waals surface area contributed by atoms with Crippen LogP contribution in [0.4, 0.5) is 8.78 Å². The molecule has 1 unspecified atom stereocenters. The Morgan fingerprint density at radius 1 is 1.33 bits per heavy atom. The van der Waals surface area contributed by atoms with Crippen LogP contribution in [0.2, 0.25) is 0 Å². The van der Waals surface area contributed by atoms with Gasteiger partial charge in [-0.25, -0.2) is 8.78 Å². The summed E-state index contributed by atoms with van der Waals surface area (Å²) in [7, 11) is 0. The molecule has 4 nitrogen and oxygen atoms in total. The van der Waals surface area contributed by atoms with E-state index in [1.54, 1.807) is 19.9 Å². The Labute approximate surface area is 176 Å². The maximum atomic E-state index is 15.4. The lowest BCUT2D eigenvalue weighted by Gasteiger charge is -2.59. The number of aliphatic hydroxyl groups is 1. The molecule has 0 radical (unpaired) electrons. The van der Waals surface area contributed by atoms with Gasteiger partial charge in [-0.15, -0.1) is 0 Å². The Kier molecular flexibility index (Phi) is 5.23. The number of alkyl halides is 1. The third-order valence-electron chi connectivity index (χ3n) is 8.73. The molecule has 4 aliphatic rings. The van der Waals surface area contributed by atoms with Gasteiger partial charge in [0.15, 0.2) is 5.83 Å². The Morgan fingerprint density at radius 2 is 2.03 bits per heavy atom. The smallest absolute Gasteiger partial charge is 0.305 e. The molecule has 0 spiro atoms. The van der Waals surface area contributed by atoms with Crippen molar-refractivity contribution < 1.29 is 28.2 Å². The molecule has 0 heterocycles. The molecular weight excluding hydrogens is 390 g/mol. The second-order valence-electron chi connectivity index (χ2n) is 10.0. The first-order chi connectivity index (χ1) is 14.1. The minimum atomic E-state index is -1.56. The topological polar surface area (TPSA) is 63.6 Å². The quantitative estimate of drug-likeness (QED) is 0.682. The molecule has 9 atom stereocenters. The molecule has 0 amide bonds. The van der Waals surface area contributed by atoms with Gasteiger partial charge in [0.1, 0.15) is 12.3 Å². The van der Waals surface area contributed by atoms with Crippen LogP contribution in [0.5, 0.6) is 0 Å². The zero-order valence-electron chi connectivity index (χ0n) is 18.2. The number of esters is 1. The van der Waals surface area contributed by atoms with E-state index < -0.39 is 34.7 Å². The summed E-state index contributed by atoms with van der Waals surface area (Å²) < 4.78 is 36.0. The second kappa shape index (κ2) is 7.25. The number of ketones is 1. The van der Waals surface area contributed by atoms with Crippen molar-refractivity contribution in [1.82, 2.24) is 0 Å². The van der Waals surface area contributed by atoms with Gasteiger partial charge in [-0.2, -0.15) is 0 Å². The summed E-state index contributed by atoms with van der Waals surface area (Å²) in [5.41, 5.74) is -1.53. The van der Waals surface area contributed by atoms with Crippen molar-refractivity contribution in [2.75, 3.05) is 0 Å². The first-order valence-electron chi connectivity index (χ1n) is 11.3. The molecule has 6 heteroatoms. The fourth-order valence-electron chi connectivity index (χ4n) is 7.58. The van der Waals surface area contributed by atoms with Crippen molar-refractivity contribution in [3.63, 3.8) is 0 Å². The lowest BCUT2D eigenvalue weighted by molar-refractivity contribution is -0.176. The number of hydrogen-bond donors (Lipinski definition) is 1. The molecule has 3 saturated carbocycles. The largest absolute Gasteiger partial charge is 0.461 e. The molecule has 0 aromatic carbocycles. The molecule has 0 saturated heterocycles. The summed E-state index contributed by atoms with van der Waals surface area (Å²) in [5.74, 6) is -2.40. The second-order valence-corrected chi connectivity index (χ2v) is 10.0. The standard InChI is InChI=1S/C24H32F2O4/c1-5-18(29)30-22-12(3)9-14-13-10-15(25)20-21(26)16(27)7-8-23(20,4)19(13)17(28)11-24(14,22)6-2/h7-8,12-15,17,19,22,28H,5-6,9-11H2,1-4H3/t12-,13-,14-,15-,17-,19+,22?,23+,24-/m0/s1. The molecular formula is C24H32F2O4. The van der Waals surface area contributed by atoms with Crippen LogP contribution >= 0.6 is 0 Å². The lowest BCUT2D eigenvalue weighted by atomic mass is 9.46. The van der Waals surface area contributed by atoms with Crippen LogP contribution in [0.3, 0.4) is 0 Å². The van der Waals surface area contributed by atoms with Gasteiger partial charge in [0.25, 0.3) is 0 Å². The predicted octanol–water partition coefficient (Wildman–Crippen LogP) is 4.47. The third kappa shape index (κ3) is 2.78. The highest BCUT2D eigenvalue weighted by Crippen LogP contribution is 2.67. The minimum Gasteiger partial charge on any atom is -0.461 e. The average molecular weight is 423 g/mol. The van der Waals surface area contributed by atoms with Gasteiger partial charge in [-0.05, 0) is 49.5 Å². The van der Waals surface area contributed by atoms with E-state index in [0.717, 1.165) is 12.8 Å². The number of aliphatic hydroxyl groups excluding tert-OH is 1. The zero-order chi connectivity index (χ0) is 22.0. The van der Waals surface area contributed by atoms with Crippen molar-refractivity contribution in [2.24, 2.45) is 34.5 Å². The number of rotatable bonds is 3. The van der Waals surface area contributed by atoms with Crippen LogP contribution in [-0.2, 0) is 14.3 Å². The molecule has 3 fully saturated rings. The van der Waals surface area contributed by atoms with Crippen LogP contribution in [0.25, 0.3) is 0 Å². The fourth-order valence-corrected chi connectivity index (χ4v) is 7.58. The molecule has 0 aliphatic heterocycles. The Bertz CT molecular complexity index is 820. The number of allylic oxidation sites excluding steroid dienone is 4. The molecule has 30 heavy (non-hydrogen) atoms. The van der Waals surface area contributed by atoms with Crippen molar-refractivity contribution in [3.8, 4) is 0 Å². The number of hydrogen-bond acceptors (Lipinski definition) is 4. The monoisotopic (exact) mass is 422 g/mol. The molecule has 1 N–H and O–H groups in total. The highest BCUT2D eigenvalue weighted by Gasteiger charge is 2.67. The summed E-state index contributed by atoms with van der Waals surface area (Å²) in [6, 6.07) is 0. The lowest BCUT2D eigenvalue weighted by Crippen LogP contribution is -2.59. The summed E-state index contributed by atoms with van der Waals surface area (Å²) in [4.78, 5) is 24.0. The van der Waals surface area contributed by atoms with Crippen molar-refractivity contribution in [3.05, 3.63) is 23.6 Å². The van der Waals surface area contributed by atoms with E-state index in [2.05, 4.69) is 6.92 Å². The highest BCUT2D eigenvalue weighted by atomic mass is 19.1. The van der Waals surface area contributed by atoms with Gasteiger partial charge in [0, 0.05) is 28.7 Å². The van der Waals surface area contributed by atoms with Gasteiger partial charge < -0.3 is 9.84 Å². The third-order valence-corrected chi connectivity index (χ3v) is 8.73. The minimum absolute atomic E-state index is 0.0753. The highest BCUT2D eigenvalue weighted by molar-refractivity contribution is 6.04. The Balaban J connectivity index is 1.78. The average Bonchev–Trinajstić information content (AvgIpc) is 2.97. The maximum absolute atomic E-state index is 15.4. The molecule has 4 aliphatic carbocycles. The van der Waals surface area contributed by atoms with Crippen LogP contribution < -0.4 is 0 Å². The molecule has 0 aromatic rings. The Morgan fingerprint density at radius 3 is 2.67 bits per heavy atom. The predicted molar refractivity (Wildman–Crippen MR) is 108 cm³/mol. The van der Waals surface area contributed by atoms with Crippen LogP contribution in [0.1, 0.15) is 59.8 Å². The van der Waals surface area contributed by atoms with Gasteiger partial charge >= 0.3 is 5.97 Å². The number of carbonyl (C=O) groups excluding carboxylic acids is 2. The van der Waals surface area contributed by atoms with Gasteiger partial charge in [-0.1, -0.05) is 33.8 Å². The van der Waals surface area contributed by atoms with Gasteiger partial charge in [0.2, 0.25) is 5.78 Å². The van der Waals surface area contributed by atoms with E-state index in [1.165, 1.54) is 6.08 Å². The van der Waals surface area contributed by atoms with Crippen LogP contribution in [0.15, 0.2) is 23.6 Å². The van der Waals surface area contributed by atoms with Gasteiger partial charge in [0.05, 0.1) is 6.10 Å². The van der Waals surface area contributed by atoms with E-state index in [9.17, 15) is 19.1 Å². The molecule has 0 aromatic heterocycles.